The fourth-order valence-corrected chi connectivity index (χ4v) is 7.42. The van der Waals surface area contributed by atoms with Gasteiger partial charge in [0.1, 0.15) is 0 Å². The molecule has 0 heterocycles. The Kier molecular flexibility index (Phi) is 7.00. The number of fused-ring (bicyclic) bond motifs is 6. The molecule has 0 unspecified atom stereocenters. The highest BCUT2D eigenvalue weighted by Gasteiger charge is 2.39. The highest BCUT2D eigenvalue weighted by Crippen LogP contribution is 2.54. The van der Waals surface area contributed by atoms with Crippen LogP contribution in [0, 0.1) is 5.41 Å². The third-order valence-corrected chi connectivity index (χ3v) is 9.56. The van der Waals surface area contributed by atoms with E-state index in [1.165, 1.54) is 49.5 Å². The van der Waals surface area contributed by atoms with Gasteiger partial charge in [0, 0.05) is 22.8 Å². The summed E-state index contributed by atoms with van der Waals surface area (Å²) in [7, 11) is 0. The lowest BCUT2D eigenvalue weighted by molar-refractivity contribution is 0.668. The standard InChI is InChI=1S/C45H34N2/c1-45(2)43-35-20-10-9-14-30(35)24-27-40(43)39-23-13-22-38(44(39)45)37-26-25-33(34-19-11-12-21-36(34)37)29-47-42(32-17-7-4-8-18-32)28-41(46)31-15-5-3-6-16-31/h3-29,46H,1-2H3/b42-28-,46-41?,47-29?. The molecule has 0 bridgehead atoms. The minimum absolute atomic E-state index is 0.165. The van der Waals surface area contributed by atoms with Gasteiger partial charge in [-0.05, 0) is 66.6 Å². The maximum absolute atomic E-state index is 8.78. The molecule has 7 aromatic rings. The van der Waals surface area contributed by atoms with Gasteiger partial charge in [0.25, 0.3) is 0 Å². The summed E-state index contributed by atoms with van der Waals surface area (Å²) in [6.45, 7) is 4.75. The quantitative estimate of drug-likeness (QED) is 0.184. The lowest BCUT2D eigenvalue weighted by Crippen LogP contribution is -2.17. The van der Waals surface area contributed by atoms with Crippen molar-refractivity contribution in [3.8, 4) is 22.3 Å². The van der Waals surface area contributed by atoms with E-state index in [9.17, 15) is 0 Å². The molecule has 0 radical (unpaired) electrons. The number of benzene rings is 7. The third kappa shape index (κ3) is 4.90. The molecular weight excluding hydrogens is 569 g/mol. The second kappa shape index (κ2) is 11.5. The smallest absolute Gasteiger partial charge is 0.0723 e. The van der Waals surface area contributed by atoms with Crippen LogP contribution in [0.4, 0.5) is 0 Å². The SMILES string of the molecule is CC1(C)c2c(cccc2-c2ccc(C=N/C(=C\C(=N)c3ccccc3)c3ccccc3)c3ccccc23)-c2ccc3ccccc3c21. The van der Waals surface area contributed by atoms with Crippen LogP contribution in [0.1, 0.15) is 41.7 Å². The molecule has 224 valence electrons. The Morgan fingerprint density at radius 3 is 1.83 bits per heavy atom. The van der Waals surface area contributed by atoms with E-state index in [0.717, 1.165) is 27.8 Å². The van der Waals surface area contributed by atoms with E-state index in [2.05, 4.69) is 105 Å². The molecule has 2 nitrogen and oxygen atoms in total. The molecule has 2 heteroatoms. The van der Waals surface area contributed by atoms with Gasteiger partial charge in [-0.2, -0.15) is 0 Å². The van der Waals surface area contributed by atoms with Gasteiger partial charge < -0.3 is 5.41 Å². The van der Waals surface area contributed by atoms with Gasteiger partial charge in [-0.25, -0.2) is 0 Å². The molecule has 1 N–H and O–H groups in total. The molecule has 0 aliphatic heterocycles. The summed E-state index contributed by atoms with van der Waals surface area (Å²) >= 11 is 0. The molecule has 0 saturated carbocycles. The Labute approximate surface area is 275 Å². The Balaban J connectivity index is 1.25. The Morgan fingerprint density at radius 2 is 1.09 bits per heavy atom. The van der Waals surface area contributed by atoms with Crippen LogP contribution < -0.4 is 0 Å². The van der Waals surface area contributed by atoms with Gasteiger partial charge >= 0.3 is 0 Å². The van der Waals surface area contributed by atoms with E-state index in [-0.39, 0.29) is 5.41 Å². The summed E-state index contributed by atoms with van der Waals surface area (Å²) < 4.78 is 0. The summed E-state index contributed by atoms with van der Waals surface area (Å²) in [6.07, 6.45) is 3.80. The van der Waals surface area contributed by atoms with Gasteiger partial charge in [0.2, 0.25) is 0 Å². The van der Waals surface area contributed by atoms with Crippen molar-refractivity contribution in [2.75, 3.05) is 0 Å². The predicted octanol–water partition coefficient (Wildman–Crippen LogP) is 11.5. The summed E-state index contributed by atoms with van der Waals surface area (Å²) in [4.78, 5) is 5.01. The Bertz CT molecular complexity index is 2380. The fraction of sp³-hybridized carbons (Fsp3) is 0.0667. The molecule has 0 spiro atoms. The molecule has 0 saturated heterocycles. The minimum atomic E-state index is -0.165. The van der Waals surface area contributed by atoms with Crippen LogP contribution in [0.25, 0.3) is 49.5 Å². The van der Waals surface area contributed by atoms with Gasteiger partial charge in [0.05, 0.1) is 11.4 Å². The first-order chi connectivity index (χ1) is 23.0. The number of hydrogen-bond acceptors (Lipinski definition) is 2. The molecule has 47 heavy (non-hydrogen) atoms. The summed E-state index contributed by atoms with van der Waals surface area (Å²) in [6, 6.07) is 53.1. The van der Waals surface area contributed by atoms with Gasteiger partial charge in [-0.15, -0.1) is 0 Å². The summed E-state index contributed by atoms with van der Waals surface area (Å²) in [5.41, 5.74) is 11.8. The monoisotopic (exact) mass is 602 g/mol. The van der Waals surface area contributed by atoms with Crippen molar-refractivity contribution in [1.29, 1.82) is 5.41 Å². The average molecular weight is 603 g/mol. The number of nitrogens with zero attached hydrogens (tertiary/aromatic N) is 1. The van der Waals surface area contributed by atoms with Crippen molar-refractivity contribution in [1.82, 2.24) is 0 Å². The molecule has 0 aromatic heterocycles. The molecule has 0 fully saturated rings. The predicted molar refractivity (Wildman–Crippen MR) is 200 cm³/mol. The number of allylic oxidation sites excluding steroid dienone is 1. The van der Waals surface area contributed by atoms with Gasteiger partial charge in [-0.3, -0.25) is 4.99 Å². The molecular formula is C45H34N2. The van der Waals surface area contributed by atoms with Crippen LogP contribution in [0.3, 0.4) is 0 Å². The van der Waals surface area contributed by atoms with Gasteiger partial charge in [-0.1, -0.05) is 166 Å². The van der Waals surface area contributed by atoms with Crippen molar-refractivity contribution in [3.63, 3.8) is 0 Å². The van der Waals surface area contributed by atoms with Crippen LogP contribution in [0.5, 0.6) is 0 Å². The van der Waals surface area contributed by atoms with E-state index in [0.29, 0.717) is 5.71 Å². The van der Waals surface area contributed by atoms with E-state index in [4.69, 9.17) is 10.4 Å². The van der Waals surface area contributed by atoms with E-state index in [1.54, 1.807) is 0 Å². The van der Waals surface area contributed by atoms with E-state index in [1.807, 2.05) is 73.0 Å². The van der Waals surface area contributed by atoms with Crippen LogP contribution in [-0.4, -0.2) is 11.9 Å². The Hall–Kier alpha value is -5.86. The van der Waals surface area contributed by atoms with E-state index < -0.39 is 0 Å². The summed E-state index contributed by atoms with van der Waals surface area (Å²) in [5, 5.41) is 13.7. The minimum Gasteiger partial charge on any atom is -0.300 e. The average Bonchev–Trinajstić information content (AvgIpc) is 3.37. The largest absolute Gasteiger partial charge is 0.300 e. The molecule has 7 aromatic carbocycles. The summed E-state index contributed by atoms with van der Waals surface area (Å²) in [5.74, 6) is 0. The first-order valence-corrected chi connectivity index (χ1v) is 16.1. The maximum Gasteiger partial charge on any atom is 0.0723 e. The Morgan fingerprint density at radius 1 is 0.511 bits per heavy atom. The number of hydrogen-bond donors (Lipinski definition) is 1. The zero-order valence-corrected chi connectivity index (χ0v) is 26.5. The van der Waals surface area contributed by atoms with Crippen molar-refractivity contribution < 1.29 is 0 Å². The van der Waals surface area contributed by atoms with Crippen LogP contribution in [0.2, 0.25) is 0 Å². The van der Waals surface area contributed by atoms with Crippen molar-refractivity contribution in [3.05, 3.63) is 186 Å². The lowest BCUT2D eigenvalue weighted by Gasteiger charge is -2.26. The van der Waals surface area contributed by atoms with Crippen molar-refractivity contribution in [2.45, 2.75) is 19.3 Å². The topological polar surface area (TPSA) is 36.2 Å². The molecule has 8 rings (SSSR count). The number of rotatable bonds is 6. The number of nitrogens with one attached hydrogen (secondary N) is 1. The molecule has 0 atom stereocenters. The zero-order valence-electron chi connectivity index (χ0n) is 26.5. The first-order valence-electron chi connectivity index (χ1n) is 16.1. The lowest BCUT2D eigenvalue weighted by atomic mass is 9.77. The highest BCUT2D eigenvalue weighted by atomic mass is 14.7. The highest BCUT2D eigenvalue weighted by molar-refractivity contribution is 6.12. The van der Waals surface area contributed by atoms with Crippen molar-refractivity contribution >= 4 is 39.2 Å². The van der Waals surface area contributed by atoms with Gasteiger partial charge in [0.15, 0.2) is 0 Å². The molecule has 1 aliphatic rings. The van der Waals surface area contributed by atoms with Crippen LogP contribution in [0.15, 0.2) is 163 Å². The number of aliphatic imine (C=N–C) groups is 1. The fourth-order valence-electron chi connectivity index (χ4n) is 7.42. The van der Waals surface area contributed by atoms with Crippen LogP contribution in [-0.2, 0) is 5.41 Å². The zero-order chi connectivity index (χ0) is 32.0. The second-order valence-corrected chi connectivity index (χ2v) is 12.7. The second-order valence-electron chi connectivity index (χ2n) is 12.7. The van der Waals surface area contributed by atoms with Crippen molar-refractivity contribution in [2.24, 2.45) is 4.99 Å². The third-order valence-electron chi connectivity index (χ3n) is 9.56. The molecule has 1 aliphatic carbocycles. The maximum atomic E-state index is 8.78. The first kappa shape index (κ1) is 28.6. The normalized spacial score (nSPS) is 13.6. The molecule has 0 amide bonds. The van der Waals surface area contributed by atoms with Crippen LogP contribution >= 0.6 is 0 Å². The van der Waals surface area contributed by atoms with E-state index >= 15 is 0 Å².